The van der Waals surface area contributed by atoms with Crippen molar-refractivity contribution >= 4 is 34.3 Å². The number of methoxy groups -OCH3 is 2. The number of anilines is 1. The summed E-state index contributed by atoms with van der Waals surface area (Å²) in [7, 11) is 3.14. The highest BCUT2D eigenvalue weighted by atomic mass is 32.1. The molecule has 1 amide bonds. The van der Waals surface area contributed by atoms with Crippen LogP contribution in [0, 0.1) is 5.92 Å². The van der Waals surface area contributed by atoms with Gasteiger partial charge in [-0.05, 0) is 61.4 Å². The molecule has 1 heterocycles. The van der Waals surface area contributed by atoms with Crippen LogP contribution in [-0.2, 0) is 22.4 Å². The van der Waals surface area contributed by atoms with Crippen LogP contribution in [0.25, 0.3) is 6.08 Å². The first-order valence-corrected chi connectivity index (χ1v) is 11.3. The highest BCUT2D eigenvalue weighted by molar-refractivity contribution is 7.17. The molecule has 0 saturated carbocycles. The number of esters is 1. The van der Waals surface area contributed by atoms with Gasteiger partial charge in [0.2, 0.25) is 5.91 Å². The first-order valence-electron chi connectivity index (χ1n) is 10.5. The molecule has 3 rings (SSSR count). The topological polar surface area (TPSA) is 73.9 Å². The Hall–Kier alpha value is -2.80. The van der Waals surface area contributed by atoms with Crippen LogP contribution in [0.15, 0.2) is 24.3 Å². The molecular formula is C24H29NO5S. The van der Waals surface area contributed by atoms with Crippen LogP contribution >= 0.6 is 11.3 Å². The fourth-order valence-electron chi connectivity index (χ4n) is 3.79. The van der Waals surface area contributed by atoms with Crippen molar-refractivity contribution < 1.29 is 23.8 Å². The molecule has 6 nitrogen and oxygen atoms in total. The summed E-state index contributed by atoms with van der Waals surface area (Å²) in [6.07, 6.45) is 7.10. The van der Waals surface area contributed by atoms with Gasteiger partial charge in [-0.3, -0.25) is 4.79 Å². The average Bonchev–Trinajstić information content (AvgIpc) is 3.14. The minimum atomic E-state index is -0.367. The zero-order chi connectivity index (χ0) is 22.4. The lowest BCUT2D eigenvalue weighted by Gasteiger charge is -2.20. The molecule has 1 atom stereocenters. The number of fused-ring (bicyclic) bond motifs is 1. The Morgan fingerprint density at radius 3 is 2.65 bits per heavy atom. The van der Waals surface area contributed by atoms with E-state index in [1.54, 1.807) is 39.4 Å². The number of carbonyl (C=O) groups is 2. The average molecular weight is 444 g/mol. The van der Waals surface area contributed by atoms with E-state index < -0.39 is 0 Å². The molecule has 0 radical (unpaired) electrons. The number of amides is 1. The number of hydrogen-bond acceptors (Lipinski definition) is 6. The fraction of sp³-hybridized carbons (Fsp3) is 0.417. The van der Waals surface area contributed by atoms with E-state index in [0.717, 1.165) is 36.8 Å². The van der Waals surface area contributed by atoms with Gasteiger partial charge >= 0.3 is 5.97 Å². The predicted molar refractivity (Wildman–Crippen MR) is 123 cm³/mol. The number of thiophene rings is 1. The Morgan fingerprint density at radius 2 is 1.97 bits per heavy atom. The van der Waals surface area contributed by atoms with E-state index in [1.807, 2.05) is 6.07 Å². The molecule has 166 valence electrons. The van der Waals surface area contributed by atoms with Crippen LogP contribution < -0.4 is 14.8 Å². The molecule has 1 aromatic heterocycles. The van der Waals surface area contributed by atoms with Crippen molar-refractivity contribution in [3.05, 3.63) is 45.8 Å². The summed E-state index contributed by atoms with van der Waals surface area (Å²) >= 11 is 1.49. The van der Waals surface area contributed by atoms with Gasteiger partial charge in [0.05, 0.1) is 26.4 Å². The molecule has 0 fully saturated rings. The van der Waals surface area contributed by atoms with Gasteiger partial charge in [-0.15, -0.1) is 11.3 Å². The molecular weight excluding hydrogens is 414 g/mol. The molecule has 0 spiro atoms. The second kappa shape index (κ2) is 10.5. The Balaban J connectivity index is 1.81. The SMILES string of the molecule is CCOC(=O)c1c(NC(=O)C=Cc2ccc(OC)c(OC)c2)sc2c1CCC(CC)C2. The maximum absolute atomic E-state index is 12.6. The minimum Gasteiger partial charge on any atom is -0.493 e. The van der Waals surface area contributed by atoms with E-state index in [9.17, 15) is 9.59 Å². The van der Waals surface area contributed by atoms with Crippen molar-refractivity contribution in [3.8, 4) is 11.5 Å². The van der Waals surface area contributed by atoms with Gasteiger partial charge in [-0.2, -0.15) is 0 Å². The monoisotopic (exact) mass is 443 g/mol. The van der Waals surface area contributed by atoms with Gasteiger partial charge in [-0.1, -0.05) is 19.4 Å². The van der Waals surface area contributed by atoms with E-state index in [2.05, 4.69) is 12.2 Å². The molecule has 2 aromatic rings. The van der Waals surface area contributed by atoms with Crippen LogP contribution in [0.2, 0.25) is 0 Å². The first kappa shape index (κ1) is 22.9. The van der Waals surface area contributed by atoms with Crippen molar-refractivity contribution in [2.45, 2.75) is 39.5 Å². The van der Waals surface area contributed by atoms with Crippen molar-refractivity contribution in [3.63, 3.8) is 0 Å². The molecule has 1 aliphatic carbocycles. The van der Waals surface area contributed by atoms with E-state index in [-0.39, 0.29) is 11.9 Å². The summed E-state index contributed by atoms with van der Waals surface area (Å²) in [4.78, 5) is 26.4. The maximum atomic E-state index is 12.6. The third-order valence-electron chi connectivity index (χ3n) is 5.50. The van der Waals surface area contributed by atoms with Crippen molar-refractivity contribution in [2.75, 3.05) is 26.1 Å². The molecule has 1 N–H and O–H groups in total. The maximum Gasteiger partial charge on any atom is 0.341 e. The number of hydrogen-bond donors (Lipinski definition) is 1. The molecule has 7 heteroatoms. The summed E-state index contributed by atoms with van der Waals surface area (Å²) in [5.74, 6) is 1.17. The van der Waals surface area contributed by atoms with Gasteiger partial charge in [0.25, 0.3) is 0 Å². The first-order chi connectivity index (χ1) is 15.0. The van der Waals surface area contributed by atoms with Crippen LogP contribution in [-0.4, -0.2) is 32.7 Å². The lowest BCUT2D eigenvalue weighted by Crippen LogP contribution is -2.16. The number of carbonyl (C=O) groups excluding carboxylic acids is 2. The predicted octanol–water partition coefficient (Wildman–Crippen LogP) is 5.11. The van der Waals surface area contributed by atoms with Crippen molar-refractivity contribution in [2.24, 2.45) is 5.92 Å². The summed E-state index contributed by atoms with van der Waals surface area (Å²) in [6, 6.07) is 5.41. The lowest BCUT2D eigenvalue weighted by atomic mass is 9.85. The number of nitrogens with one attached hydrogen (secondary N) is 1. The fourth-order valence-corrected chi connectivity index (χ4v) is 5.14. The van der Waals surface area contributed by atoms with Gasteiger partial charge in [0.1, 0.15) is 5.00 Å². The smallest absolute Gasteiger partial charge is 0.341 e. The third-order valence-corrected chi connectivity index (χ3v) is 6.67. The van der Waals surface area contributed by atoms with Gasteiger partial charge in [-0.25, -0.2) is 4.79 Å². The Morgan fingerprint density at radius 1 is 1.19 bits per heavy atom. The molecule has 0 bridgehead atoms. The zero-order valence-electron chi connectivity index (χ0n) is 18.4. The van der Waals surface area contributed by atoms with Crippen LogP contribution in [0.3, 0.4) is 0 Å². The second-order valence-electron chi connectivity index (χ2n) is 7.38. The van der Waals surface area contributed by atoms with E-state index in [4.69, 9.17) is 14.2 Å². The standard InChI is InChI=1S/C24H29NO5S/c1-5-15-7-10-17-20(14-15)31-23(22(17)24(27)30-6-2)25-21(26)12-9-16-8-11-18(28-3)19(13-16)29-4/h8-9,11-13,15H,5-7,10,14H2,1-4H3,(H,25,26). The highest BCUT2D eigenvalue weighted by Crippen LogP contribution is 2.40. The summed E-state index contributed by atoms with van der Waals surface area (Å²) < 4.78 is 15.8. The summed E-state index contributed by atoms with van der Waals surface area (Å²) in [5, 5.41) is 3.47. The van der Waals surface area contributed by atoms with Crippen molar-refractivity contribution in [1.29, 1.82) is 0 Å². The van der Waals surface area contributed by atoms with Gasteiger partial charge in [0, 0.05) is 11.0 Å². The number of ether oxygens (including phenoxy) is 3. The zero-order valence-corrected chi connectivity index (χ0v) is 19.3. The normalized spacial score (nSPS) is 15.4. The Kier molecular flexibility index (Phi) is 7.74. The van der Waals surface area contributed by atoms with E-state index in [1.165, 1.54) is 22.3 Å². The van der Waals surface area contributed by atoms with Crippen molar-refractivity contribution in [1.82, 2.24) is 0 Å². The van der Waals surface area contributed by atoms with E-state index in [0.29, 0.717) is 34.6 Å². The highest BCUT2D eigenvalue weighted by Gasteiger charge is 2.29. The van der Waals surface area contributed by atoms with Gasteiger partial charge in [0.15, 0.2) is 11.5 Å². The minimum absolute atomic E-state index is 0.299. The second-order valence-corrected chi connectivity index (χ2v) is 8.49. The molecule has 1 aliphatic rings. The van der Waals surface area contributed by atoms with Gasteiger partial charge < -0.3 is 19.5 Å². The largest absolute Gasteiger partial charge is 0.493 e. The van der Waals surface area contributed by atoms with E-state index >= 15 is 0 Å². The molecule has 0 aliphatic heterocycles. The number of benzene rings is 1. The molecule has 0 saturated heterocycles. The quantitative estimate of drug-likeness (QED) is 0.453. The van der Waals surface area contributed by atoms with Crippen LogP contribution in [0.1, 0.15) is 53.1 Å². The molecule has 1 unspecified atom stereocenters. The summed E-state index contributed by atoms with van der Waals surface area (Å²) in [6.45, 7) is 4.28. The Bertz CT molecular complexity index is 979. The Labute approximate surface area is 187 Å². The van der Waals surface area contributed by atoms with Crippen LogP contribution in [0.4, 0.5) is 5.00 Å². The molecule has 31 heavy (non-hydrogen) atoms. The van der Waals surface area contributed by atoms with Crippen LogP contribution in [0.5, 0.6) is 11.5 Å². The molecule has 1 aromatic carbocycles. The lowest BCUT2D eigenvalue weighted by molar-refractivity contribution is -0.111. The summed E-state index contributed by atoms with van der Waals surface area (Å²) in [5.41, 5.74) is 2.35. The number of rotatable bonds is 8. The third kappa shape index (κ3) is 5.28.